The molecule has 32 heavy (non-hydrogen) atoms. The van der Waals surface area contributed by atoms with Gasteiger partial charge >= 0.3 is 5.97 Å². The van der Waals surface area contributed by atoms with Crippen molar-refractivity contribution in [1.29, 1.82) is 0 Å². The Labute approximate surface area is 191 Å². The highest BCUT2D eigenvalue weighted by Crippen LogP contribution is 2.32. The maximum atomic E-state index is 12.5. The van der Waals surface area contributed by atoms with Crippen molar-refractivity contribution in [2.24, 2.45) is 0 Å². The molecule has 0 atom stereocenters. The minimum absolute atomic E-state index is 0.0517. The van der Waals surface area contributed by atoms with E-state index in [1.165, 1.54) is 0 Å². The van der Waals surface area contributed by atoms with Gasteiger partial charge in [0.1, 0.15) is 5.58 Å². The molecule has 8 heteroatoms. The van der Waals surface area contributed by atoms with Crippen LogP contribution in [0.15, 0.2) is 69.6 Å². The van der Waals surface area contributed by atoms with Crippen LogP contribution < -0.4 is 10.6 Å². The van der Waals surface area contributed by atoms with Gasteiger partial charge in [-0.05, 0) is 40.4 Å². The van der Waals surface area contributed by atoms with Gasteiger partial charge in [-0.1, -0.05) is 48.5 Å². The maximum absolute atomic E-state index is 12.5. The molecule has 162 valence electrons. The summed E-state index contributed by atoms with van der Waals surface area (Å²) in [7, 11) is 0. The number of fused-ring (bicyclic) bond motifs is 3. The number of anilines is 1. The Morgan fingerprint density at radius 3 is 2.50 bits per heavy atom. The number of ether oxygens (including phenoxy) is 1. The van der Waals surface area contributed by atoms with Crippen LogP contribution in [0.4, 0.5) is 5.69 Å². The van der Waals surface area contributed by atoms with Gasteiger partial charge in [-0.25, -0.2) is 4.79 Å². The van der Waals surface area contributed by atoms with Crippen LogP contribution in [0.5, 0.6) is 0 Å². The van der Waals surface area contributed by atoms with Crippen molar-refractivity contribution in [1.82, 2.24) is 5.32 Å². The first-order valence-electron chi connectivity index (χ1n) is 9.83. The fourth-order valence-corrected chi connectivity index (χ4v) is 3.71. The summed E-state index contributed by atoms with van der Waals surface area (Å²) in [5, 5.41) is 7.78. The van der Waals surface area contributed by atoms with Gasteiger partial charge in [-0.2, -0.15) is 0 Å². The number of furan rings is 1. The lowest BCUT2D eigenvalue weighted by atomic mass is 10.1. The minimum atomic E-state index is -0.740. The number of benzene rings is 3. The Bertz CT molecular complexity index is 1340. The number of esters is 1. The van der Waals surface area contributed by atoms with Gasteiger partial charge < -0.3 is 19.8 Å². The van der Waals surface area contributed by atoms with E-state index in [1.807, 2.05) is 42.5 Å². The van der Waals surface area contributed by atoms with Crippen LogP contribution in [0.25, 0.3) is 21.7 Å². The largest absolute Gasteiger partial charge is 0.450 e. The molecule has 0 aliphatic carbocycles. The van der Waals surface area contributed by atoms with Crippen LogP contribution in [0.2, 0.25) is 0 Å². The highest BCUT2D eigenvalue weighted by atomic mass is 79.9. The highest BCUT2D eigenvalue weighted by molar-refractivity contribution is 9.10. The number of nitrogens with one attached hydrogen (secondary N) is 2. The summed E-state index contributed by atoms with van der Waals surface area (Å²) < 4.78 is 11.6. The highest BCUT2D eigenvalue weighted by Gasteiger charge is 2.21. The molecular weight excluding hydrogens is 476 g/mol. The van der Waals surface area contributed by atoms with Gasteiger partial charge in [0.25, 0.3) is 5.91 Å². The second-order valence-corrected chi connectivity index (χ2v) is 7.95. The first-order chi connectivity index (χ1) is 15.4. The molecule has 7 nitrogen and oxygen atoms in total. The third-order valence-corrected chi connectivity index (χ3v) is 5.63. The van der Waals surface area contributed by atoms with E-state index in [2.05, 4.69) is 26.6 Å². The summed E-state index contributed by atoms with van der Waals surface area (Å²) in [6.07, 6.45) is 0. The first-order valence-corrected chi connectivity index (χ1v) is 10.6. The monoisotopic (exact) mass is 494 g/mol. The number of halogens is 1. The van der Waals surface area contributed by atoms with Crippen LogP contribution in [0, 0.1) is 6.92 Å². The Morgan fingerprint density at radius 1 is 0.938 bits per heavy atom. The zero-order valence-corrected chi connectivity index (χ0v) is 18.7. The normalized spacial score (nSPS) is 10.8. The number of aryl methyl sites for hydroxylation is 1. The van der Waals surface area contributed by atoms with Crippen LogP contribution in [0.3, 0.4) is 0 Å². The summed E-state index contributed by atoms with van der Waals surface area (Å²) >= 11 is 3.33. The molecule has 0 aliphatic heterocycles. The molecular formula is C24H19BrN2O5. The van der Waals surface area contributed by atoms with E-state index >= 15 is 0 Å². The Kier molecular flexibility index (Phi) is 6.23. The molecule has 1 aromatic heterocycles. The molecule has 0 radical (unpaired) electrons. The summed E-state index contributed by atoms with van der Waals surface area (Å²) in [5.41, 5.74) is 1.83. The number of hydrogen-bond donors (Lipinski definition) is 2. The molecule has 0 saturated heterocycles. The summed E-state index contributed by atoms with van der Waals surface area (Å²) in [6.45, 7) is 0.981. The van der Waals surface area contributed by atoms with Crippen molar-refractivity contribution in [2.75, 3.05) is 18.5 Å². The third-order valence-electron chi connectivity index (χ3n) is 4.94. The Morgan fingerprint density at radius 2 is 1.69 bits per heavy atom. The molecule has 0 saturated carbocycles. The van der Waals surface area contributed by atoms with Gasteiger partial charge in [0.2, 0.25) is 11.7 Å². The fourth-order valence-electron chi connectivity index (χ4n) is 3.33. The van der Waals surface area contributed by atoms with Gasteiger partial charge in [0.15, 0.2) is 6.61 Å². The van der Waals surface area contributed by atoms with Crippen molar-refractivity contribution in [2.45, 2.75) is 6.92 Å². The van der Waals surface area contributed by atoms with Crippen LogP contribution in [-0.2, 0) is 14.3 Å². The smallest absolute Gasteiger partial charge is 0.375 e. The van der Waals surface area contributed by atoms with E-state index in [-0.39, 0.29) is 12.3 Å². The van der Waals surface area contributed by atoms with Crippen molar-refractivity contribution in [3.05, 3.63) is 76.5 Å². The van der Waals surface area contributed by atoms with Gasteiger partial charge in [0, 0.05) is 20.8 Å². The van der Waals surface area contributed by atoms with E-state index in [0.717, 1.165) is 20.6 Å². The second-order valence-electron chi connectivity index (χ2n) is 7.10. The molecule has 2 N–H and O–H groups in total. The summed E-state index contributed by atoms with van der Waals surface area (Å²) in [6, 6.07) is 18.7. The van der Waals surface area contributed by atoms with Gasteiger partial charge in [0.05, 0.1) is 12.2 Å². The predicted molar refractivity (Wildman–Crippen MR) is 125 cm³/mol. The lowest BCUT2D eigenvalue weighted by Crippen LogP contribution is -2.35. The zero-order chi connectivity index (χ0) is 22.7. The van der Waals surface area contributed by atoms with Crippen molar-refractivity contribution in [3.8, 4) is 0 Å². The number of hydrogen-bond acceptors (Lipinski definition) is 5. The zero-order valence-electron chi connectivity index (χ0n) is 17.1. The average Bonchev–Trinajstić information content (AvgIpc) is 3.14. The standard InChI is InChI=1S/C24H19BrN2O5/c1-14-16-11-10-15-6-2-3-7-17(15)23(16)32-22(14)24(30)31-13-21(29)26-12-20(28)27-19-9-5-4-8-18(19)25/h2-11H,12-13H2,1H3,(H,26,29)(H,27,28). The second kappa shape index (κ2) is 9.23. The number of carbonyl (C=O) groups excluding carboxylic acids is 3. The van der Waals surface area contributed by atoms with E-state index in [4.69, 9.17) is 9.15 Å². The summed E-state index contributed by atoms with van der Waals surface area (Å²) in [4.78, 5) is 36.5. The molecule has 2 amide bonds. The topological polar surface area (TPSA) is 97.6 Å². The third kappa shape index (κ3) is 4.50. The SMILES string of the molecule is Cc1c(C(=O)OCC(=O)NCC(=O)Nc2ccccc2Br)oc2c1ccc1ccccc12. The minimum Gasteiger partial charge on any atom is -0.450 e. The van der Waals surface area contributed by atoms with E-state index in [9.17, 15) is 14.4 Å². The number of para-hydroxylation sites is 1. The molecule has 0 aliphatic rings. The molecule has 0 fully saturated rings. The van der Waals surface area contributed by atoms with E-state index in [0.29, 0.717) is 16.8 Å². The van der Waals surface area contributed by atoms with Crippen molar-refractivity contribution in [3.63, 3.8) is 0 Å². The maximum Gasteiger partial charge on any atom is 0.375 e. The molecule has 0 spiro atoms. The Balaban J connectivity index is 1.35. The lowest BCUT2D eigenvalue weighted by molar-refractivity contribution is -0.126. The quantitative estimate of drug-likeness (QED) is 0.382. The molecule has 3 aromatic carbocycles. The summed E-state index contributed by atoms with van der Waals surface area (Å²) in [5.74, 6) is -1.69. The van der Waals surface area contributed by atoms with Crippen LogP contribution in [-0.4, -0.2) is 30.9 Å². The Hall–Kier alpha value is -3.65. The molecule has 4 aromatic rings. The number of carbonyl (C=O) groups is 3. The van der Waals surface area contributed by atoms with E-state index < -0.39 is 24.4 Å². The predicted octanol–water partition coefficient (Wildman–Crippen LogP) is 4.57. The lowest BCUT2D eigenvalue weighted by Gasteiger charge is -2.08. The fraction of sp³-hybridized carbons (Fsp3) is 0.125. The molecule has 4 rings (SSSR count). The van der Waals surface area contributed by atoms with Gasteiger partial charge in [-0.3, -0.25) is 9.59 Å². The molecule has 1 heterocycles. The van der Waals surface area contributed by atoms with Gasteiger partial charge in [-0.15, -0.1) is 0 Å². The molecule has 0 unspecified atom stereocenters. The average molecular weight is 495 g/mol. The van der Waals surface area contributed by atoms with Crippen LogP contribution in [0.1, 0.15) is 16.1 Å². The van der Waals surface area contributed by atoms with Crippen molar-refractivity contribution < 1.29 is 23.5 Å². The van der Waals surface area contributed by atoms with Crippen molar-refractivity contribution >= 4 is 61.1 Å². The molecule has 0 bridgehead atoms. The number of rotatable bonds is 6. The van der Waals surface area contributed by atoms with Crippen LogP contribution >= 0.6 is 15.9 Å². The van der Waals surface area contributed by atoms with E-state index in [1.54, 1.807) is 25.1 Å². The first kappa shape index (κ1) is 21.6. The number of amides is 2.